The van der Waals surface area contributed by atoms with Crippen LogP contribution in [-0.4, -0.2) is 11.3 Å². The summed E-state index contributed by atoms with van der Waals surface area (Å²) in [4.78, 5) is 7.74. The monoisotopic (exact) mass is 1160 g/mol. The zero-order chi connectivity index (χ0) is 61.7. The number of rotatable bonds is 7. The summed E-state index contributed by atoms with van der Waals surface area (Å²) in [6.45, 7) is 32.3. The second kappa shape index (κ2) is 20.3. The summed E-state index contributed by atoms with van der Waals surface area (Å²) >= 11 is 0. The fourth-order valence-corrected chi connectivity index (χ4v) is 14.9. The number of hydrogen-bond donors (Lipinski definition) is 0. The van der Waals surface area contributed by atoms with E-state index in [-0.39, 0.29) is 23.0 Å². The summed E-state index contributed by atoms with van der Waals surface area (Å²) < 4.78 is 9.21. The highest BCUT2D eigenvalue weighted by Crippen LogP contribution is 2.51. The molecule has 0 radical (unpaired) electrons. The van der Waals surface area contributed by atoms with Crippen molar-refractivity contribution in [2.45, 2.75) is 113 Å². The van der Waals surface area contributed by atoms with E-state index >= 15 is 0 Å². The van der Waals surface area contributed by atoms with E-state index in [0.717, 1.165) is 67.1 Å². The predicted molar refractivity (Wildman–Crippen MR) is 382 cm³/mol. The zero-order valence-corrected chi connectivity index (χ0v) is 54.0. The van der Waals surface area contributed by atoms with Crippen molar-refractivity contribution >= 4 is 118 Å². The van der Waals surface area contributed by atoms with Gasteiger partial charge in [0.1, 0.15) is 11.2 Å². The summed E-state index contributed by atoms with van der Waals surface area (Å²) in [6, 6.07) is 80.6. The van der Waals surface area contributed by atoms with Gasteiger partial charge in [0.2, 0.25) is 0 Å². The maximum Gasteiger partial charge on any atom is 0.252 e. The van der Waals surface area contributed by atoms with Crippen molar-refractivity contribution in [2.75, 3.05) is 14.7 Å². The molecule has 15 rings (SSSR count). The number of para-hydroxylation sites is 4. The molecule has 0 bridgehead atoms. The van der Waals surface area contributed by atoms with Crippen LogP contribution in [0.5, 0.6) is 0 Å². The van der Waals surface area contributed by atoms with Gasteiger partial charge >= 0.3 is 0 Å². The molecule has 0 saturated heterocycles. The lowest BCUT2D eigenvalue weighted by Gasteiger charge is -2.45. The number of aryl methyl sites for hydroxylation is 5. The van der Waals surface area contributed by atoms with Gasteiger partial charge in [0.25, 0.3) is 6.71 Å². The third-order valence-corrected chi connectivity index (χ3v) is 19.3. The molecule has 0 amide bonds. The van der Waals surface area contributed by atoms with Crippen LogP contribution in [-0.2, 0) is 16.2 Å². The molecule has 0 spiro atoms. The van der Waals surface area contributed by atoms with Crippen LogP contribution in [0.2, 0.25) is 0 Å². The van der Waals surface area contributed by atoms with Gasteiger partial charge in [-0.1, -0.05) is 184 Å². The molecule has 0 saturated carbocycles. The number of fused-ring (bicyclic) bond motifs is 10. The van der Waals surface area contributed by atoms with Crippen LogP contribution in [0.4, 0.5) is 51.2 Å². The number of hydrogen-bond acceptors (Lipinski definition) is 4. The molecule has 0 aliphatic carbocycles. The number of furan rings is 1. The van der Waals surface area contributed by atoms with Crippen molar-refractivity contribution < 1.29 is 4.42 Å². The van der Waals surface area contributed by atoms with E-state index in [0.29, 0.717) is 0 Å². The van der Waals surface area contributed by atoms with Gasteiger partial charge in [0.15, 0.2) is 0 Å². The van der Waals surface area contributed by atoms with Gasteiger partial charge in [-0.3, -0.25) is 0 Å². The lowest BCUT2D eigenvalue weighted by molar-refractivity contribution is 0.589. The van der Waals surface area contributed by atoms with Gasteiger partial charge in [-0.05, 0) is 208 Å². The Hall–Kier alpha value is -9.52. The summed E-state index contributed by atoms with van der Waals surface area (Å²) in [5, 5.41) is 4.72. The van der Waals surface area contributed by atoms with Crippen LogP contribution in [0.15, 0.2) is 217 Å². The first-order chi connectivity index (χ1) is 42.6. The lowest BCUT2D eigenvalue weighted by atomic mass is 9.33. The largest absolute Gasteiger partial charge is 0.455 e. The van der Waals surface area contributed by atoms with E-state index in [4.69, 9.17) is 4.42 Å². The molecular weight excluding hydrogens is 1080 g/mol. The van der Waals surface area contributed by atoms with Crippen molar-refractivity contribution in [1.82, 2.24) is 4.57 Å². The van der Waals surface area contributed by atoms with Gasteiger partial charge in [-0.2, -0.15) is 0 Å². The quantitative estimate of drug-likeness (QED) is 0.149. The normalized spacial score (nSPS) is 13.2. The minimum Gasteiger partial charge on any atom is -0.455 e. The SMILES string of the molecule is Cc1cc2c3c(c1)N(c1ccc(C(C)(C)C)cc1)c1cc(C(C)(C)C)ccc1B3c1ccc(N(c3ccc4c5ccccc5n(-c5ccccc5)c4c3)c3c(C)cc(C(C)(C)C)cc3C)cc1N2c1cc(C)c(-c2cccc3c2oc2ccccc23)c(C)c1. The second-order valence-corrected chi connectivity index (χ2v) is 28.6. The fraction of sp³-hybridized carbons (Fsp3) is 0.205. The van der Waals surface area contributed by atoms with E-state index in [1.165, 1.54) is 105 Å². The molecule has 2 aliphatic rings. The number of aromatic nitrogens is 1. The Morgan fingerprint density at radius 2 is 0.933 bits per heavy atom. The molecule has 6 heteroatoms. The lowest BCUT2D eigenvalue weighted by Crippen LogP contribution is -2.61. The van der Waals surface area contributed by atoms with Crippen LogP contribution in [0.1, 0.15) is 107 Å². The molecule has 5 nitrogen and oxygen atoms in total. The van der Waals surface area contributed by atoms with E-state index in [1.54, 1.807) is 0 Å². The van der Waals surface area contributed by atoms with Crippen molar-refractivity contribution in [3.63, 3.8) is 0 Å². The van der Waals surface area contributed by atoms with Gasteiger partial charge in [0, 0.05) is 78.3 Å². The molecule has 2 aromatic heterocycles. The van der Waals surface area contributed by atoms with E-state index in [2.05, 4.69) is 329 Å². The maximum absolute atomic E-state index is 6.76. The molecule has 0 fully saturated rings. The first-order valence-electron chi connectivity index (χ1n) is 31.8. The fourth-order valence-electron chi connectivity index (χ4n) is 14.9. The third-order valence-electron chi connectivity index (χ3n) is 19.3. The van der Waals surface area contributed by atoms with Crippen LogP contribution < -0.4 is 31.1 Å². The average molecular weight is 1160 g/mol. The van der Waals surface area contributed by atoms with E-state index in [9.17, 15) is 0 Å². The van der Waals surface area contributed by atoms with Gasteiger partial charge < -0.3 is 23.7 Å². The molecule has 89 heavy (non-hydrogen) atoms. The Bertz CT molecular complexity index is 4990. The summed E-state index contributed by atoms with van der Waals surface area (Å²) in [7, 11) is 0. The smallest absolute Gasteiger partial charge is 0.252 e. The zero-order valence-electron chi connectivity index (χ0n) is 54.0. The Morgan fingerprint density at radius 3 is 1.61 bits per heavy atom. The second-order valence-electron chi connectivity index (χ2n) is 28.6. The molecule has 2 aliphatic heterocycles. The van der Waals surface area contributed by atoms with Gasteiger partial charge in [-0.15, -0.1) is 0 Å². The summed E-state index contributed by atoms with van der Waals surface area (Å²) in [5.74, 6) is 0. The van der Waals surface area contributed by atoms with Crippen molar-refractivity contribution in [1.29, 1.82) is 0 Å². The first-order valence-corrected chi connectivity index (χ1v) is 31.8. The Kier molecular flexibility index (Phi) is 12.8. The van der Waals surface area contributed by atoms with Crippen LogP contribution in [0.25, 0.3) is 60.6 Å². The molecule has 4 heterocycles. The maximum atomic E-state index is 6.76. The molecule has 0 atom stereocenters. The Labute approximate surface area is 525 Å². The number of anilines is 9. The molecule has 0 unspecified atom stereocenters. The summed E-state index contributed by atoms with van der Waals surface area (Å²) in [6.07, 6.45) is 0. The average Bonchev–Trinajstić information content (AvgIpc) is 1.78. The van der Waals surface area contributed by atoms with Crippen LogP contribution in [0.3, 0.4) is 0 Å². The summed E-state index contributed by atoms with van der Waals surface area (Å²) in [5.41, 5.74) is 31.7. The van der Waals surface area contributed by atoms with Crippen LogP contribution in [0, 0.1) is 34.6 Å². The topological polar surface area (TPSA) is 27.8 Å². The van der Waals surface area contributed by atoms with Crippen molar-refractivity contribution in [2.24, 2.45) is 0 Å². The van der Waals surface area contributed by atoms with E-state index in [1.807, 2.05) is 0 Å². The molecule has 438 valence electrons. The minimum atomic E-state index is -0.0805. The highest BCUT2D eigenvalue weighted by atomic mass is 16.3. The first kappa shape index (κ1) is 56.0. The minimum absolute atomic E-state index is 0.0105. The standard InChI is InChI=1S/C83H77BN4O/c1-50-41-74-78-75(42-50)88(62-45-51(2)77(52(3)46-62)67-28-22-27-66-65-26-19-21-30-76(65)89-80(66)67)73-49-61(37-40-69(73)84(78)68-39-33-56(82(9,10)11)47-72(68)87(74)59-34-31-55(32-35-59)81(6,7)8)85(79-53(4)43-57(44-54(79)5)83(12,13)14)60-36-38-64-63-25-18-20-29-70(63)86(71(64)48-60)58-23-16-15-17-24-58/h15-49H,1-14H3. The van der Waals surface area contributed by atoms with E-state index < -0.39 is 0 Å². The van der Waals surface area contributed by atoms with Crippen molar-refractivity contribution in [3.05, 3.63) is 257 Å². The van der Waals surface area contributed by atoms with Gasteiger partial charge in [0.05, 0.1) is 16.7 Å². The molecule has 0 N–H and O–H groups in total. The highest BCUT2D eigenvalue weighted by molar-refractivity contribution is 7.00. The predicted octanol–water partition coefficient (Wildman–Crippen LogP) is 21.3. The highest BCUT2D eigenvalue weighted by Gasteiger charge is 2.44. The Morgan fingerprint density at radius 1 is 0.382 bits per heavy atom. The van der Waals surface area contributed by atoms with Gasteiger partial charge in [-0.25, -0.2) is 0 Å². The molecule has 13 aromatic rings. The number of nitrogens with zero attached hydrogens (tertiary/aromatic N) is 4. The van der Waals surface area contributed by atoms with Crippen LogP contribution >= 0.6 is 0 Å². The molecular formula is C83H77BN4O. The number of benzene rings is 11. The third kappa shape index (κ3) is 9.03. The van der Waals surface area contributed by atoms with Crippen molar-refractivity contribution in [3.8, 4) is 16.8 Å². The Balaban J connectivity index is 1.01. The molecule has 11 aromatic carbocycles.